The third-order valence-electron chi connectivity index (χ3n) is 5.19. The molecule has 0 saturated heterocycles. The Labute approximate surface area is 158 Å². The molecule has 3 heterocycles. The largest absolute Gasteiger partial charge is 0.365 e. The third-order valence-corrected chi connectivity index (χ3v) is 5.19. The first-order valence-corrected chi connectivity index (χ1v) is 9.09. The first-order valence-electron chi connectivity index (χ1n) is 9.09. The molecule has 134 valence electrons. The summed E-state index contributed by atoms with van der Waals surface area (Å²) in [6.07, 6.45) is 0. The highest BCUT2D eigenvalue weighted by Gasteiger charge is 2.18. The number of fused-ring (bicyclic) bond motifs is 3. The number of rotatable bonds is 2. The van der Waals surface area contributed by atoms with Gasteiger partial charge in [0, 0.05) is 33.1 Å². The Kier molecular flexibility index (Phi) is 2.97. The molecule has 0 aliphatic heterocycles. The van der Waals surface area contributed by atoms with Crippen LogP contribution in [0.3, 0.4) is 0 Å². The lowest BCUT2D eigenvalue weighted by Gasteiger charge is -2.04. The van der Waals surface area contributed by atoms with Gasteiger partial charge in [0.15, 0.2) is 0 Å². The highest BCUT2D eigenvalue weighted by atomic mass is 16.5. The summed E-state index contributed by atoms with van der Waals surface area (Å²) in [6, 6.07) is 25.9. The molecule has 0 atom stereocenters. The molecule has 5 nitrogen and oxygen atoms in total. The van der Waals surface area contributed by atoms with Gasteiger partial charge in [-0.25, -0.2) is 4.79 Å². The van der Waals surface area contributed by atoms with E-state index in [1.807, 2.05) is 60.7 Å². The summed E-state index contributed by atoms with van der Waals surface area (Å²) >= 11 is 0. The van der Waals surface area contributed by atoms with Crippen molar-refractivity contribution in [1.82, 2.24) is 14.7 Å². The molecule has 3 aromatic carbocycles. The number of hydrogen-bond donors (Lipinski definition) is 2. The molecule has 0 aliphatic rings. The van der Waals surface area contributed by atoms with Crippen molar-refractivity contribution in [1.29, 1.82) is 0 Å². The van der Waals surface area contributed by atoms with Crippen LogP contribution in [0.25, 0.3) is 49.8 Å². The maximum Gasteiger partial charge on any atom is 0.365 e. The van der Waals surface area contributed by atoms with Gasteiger partial charge in [-0.1, -0.05) is 48.5 Å². The molecular weight excluding hydrogens is 350 g/mol. The smallest absolute Gasteiger partial charge is 0.354 e. The van der Waals surface area contributed by atoms with Gasteiger partial charge < -0.3 is 14.5 Å². The molecule has 0 radical (unpaired) electrons. The molecule has 0 aliphatic carbocycles. The van der Waals surface area contributed by atoms with E-state index in [0.29, 0.717) is 5.39 Å². The Morgan fingerprint density at radius 2 is 1.46 bits per heavy atom. The summed E-state index contributed by atoms with van der Waals surface area (Å²) in [5.74, 6) is 0.719. The first kappa shape index (κ1) is 15.1. The highest BCUT2D eigenvalue weighted by Crippen LogP contribution is 2.31. The van der Waals surface area contributed by atoms with Crippen molar-refractivity contribution in [2.45, 2.75) is 0 Å². The zero-order chi connectivity index (χ0) is 18.7. The van der Waals surface area contributed by atoms with E-state index in [4.69, 9.17) is 4.52 Å². The summed E-state index contributed by atoms with van der Waals surface area (Å²) in [7, 11) is 0. The van der Waals surface area contributed by atoms with Crippen LogP contribution in [0.5, 0.6) is 0 Å². The van der Waals surface area contributed by atoms with Gasteiger partial charge in [-0.15, -0.1) is 0 Å². The minimum atomic E-state index is -0.355. The monoisotopic (exact) mass is 365 g/mol. The first-order chi connectivity index (χ1) is 13.8. The van der Waals surface area contributed by atoms with Crippen LogP contribution >= 0.6 is 0 Å². The minimum absolute atomic E-state index is 0.355. The van der Waals surface area contributed by atoms with Crippen LogP contribution in [0.4, 0.5) is 0 Å². The number of para-hydroxylation sites is 3. The molecule has 0 fully saturated rings. The van der Waals surface area contributed by atoms with Crippen LogP contribution in [0, 0.1) is 0 Å². The summed E-state index contributed by atoms with van der Waals surface area (Å²) in [5, 5.41) is 2.73. The highest BCUT2D eigenvalue weighted by molar-refractivity contribution is 5.97. The lowest BCUT2D eigenvalue weighted by Crippen LogP contribution is -1.95. The topological polar surface area (TPSA) is 66.7 Å². The molecule has 28 heavy (non-hydrogen) atoms. The summed E-state index contributed by atoms with van der Waals surface area (Å²) in [6.45, 7) is 0. The normalized spacial score (nSPS) is 11.7. The zero-order valence-electron chi connectivity index (χ0n) is 14.8. The molecule has 6 aromatic rings. The van der Waals surface area contributed by atoms with Crippen molar-refractivity contribution in [3.8, 4) is 17.1 Å². The number of benzene rings is 3. The van der Waals surface area contributed by atoms with Crippen LogP contribution in [0.1, 0.15) is 0 Å². The van der Waals surface area contributed by atoms with Gasteiger partial charge in [0.1, 0.15) is 11.3 Å². The number of H-pyrrole nitrogens is 2. The molecule has 0 bridgehead atoms. The summed E-state index contributed by atoms with van der Waals surface area (Å²) < 4.78 is 7.23. The fourth-order valence-electron chi connectivity index (χ4n) is 3.88. The minimum Gasteiger partial charge on any atom is -0.354 e. The fourth-order valence-corrected chi connectivity index (χ4v) is 3.88. The summed E-state index contributed by atoms with van der Waals surface area (Å²) in [4.78, 5) is 19.3. The number of nitrogens with zero attached hydrogens (tertiary/aromatic N) is 1. The average Bonchev–Trinajstić information content (AvgIpc) is 3.42. The van der Waals surface area contributed by atoms with Crippen molar-refractivity contribution in [2.24, 2.45) is 0 Å². The van der Waals surface area contributed by atoms with Crippen molar-refractivity contribution in [3.63, 3.8) is 0 Å². The number of nitrogens with one attached hydrogen (secondary N) is 2. The number of aromatic amines is 2. The molecule has 3 aromatic heterocycles. The Morgan fingerprint density at radius 3 is 2.21 bits per heavy atom. The Balaban J connectivity index is 1.67. The van der Waals surface area contributed by atoms with E-state index < -0.39 is 0 Å². The second-order valence-electron chi connectivity index (χ2n) is 6.89. The lowest BCUT2D eigenvalue weighted by molar-refractivity contribution is 0.330. The van der Waals surface area contributed by atoms with E-state index in [1.165, 1.54) is 0 Å². The van der Waals surface area contributed by atoms with Crippen LogP contribution in [-0.2, 0) is 0 Å². The molecule has 0 spiro atoms. The second-order valence-corrected chi connectivity index (χ2v) is 6.89. The van der Waals surface area contributed by atoms with Crippen LogP contribution in [-0.4, -0.2) is 14.7 Å². The van der Waals surface area contributed by atoms with E-state index >= 15 is 0 Å². The van der Waals surface area contributed by atoms with Crippen molar-refractivity contribution >= 4 is 32.7 Å². The van der Waals surface area contributed by atoms with Crippen LogP contribution < -0.4 is 5.63 Å². The van der Waals surface area contributed by atoms with E-state index in [0.717, 1.165) is 44.4 Å². The molecule has 0 saturated carbocycles. The average molecular weight is 365 g/mol. The third kappa shape index (κ3) is 2.10. The van der Waals surface area contributed by atoms with Gasteiger partial charge in [0.25, 0.3) is 0 Å². The molecule has 5 heteroatoms. The maximum atomic E-state index is 12.5. The Bertz CT molecular complexity index is 1480. The Hall–Kier alpha value is -3.99. The quantitative estimate of drug-likeness (QED) is 0.442. The van der Waals surface area contributed by atoms with Gasteiger partial charge in [-0.3, -0.25) is 0 Å². The van der Waals surface area contributed by atoms with Gasteiger partial charge in [-0.05, 0) is 30.3 Å². The SMILES string of the molecule is O=c1on(-c2cc3ccccc3[nH]2)c2c(-c3cc4ccccc4[nH]3)cccc12. The van der Waals surface area contributed by atoms with Crippen molar-refractivity contribution in [2.75, 3.05) is 0 Å². The van der Waals surface area contributed by atoms with Crippen LogP contribution in [0.15, 0.2) is 88.2 Å². The predicted octanol–water partition coefficient (Wildman–Crippen LogP) is 5.21. The lowest BCUT2D eigenvalue weighted by atomic mass is 10.1. The molecule has 2 N–H and O–H groups in total. The molecular formula is C23H15N3O2. The second kappa shape index (κ2) is 5.50. The molecule has 0 unspecified atom stereocenters. The van der Waals surface area contributed by atoms with Gasteiger partial charge >= 0.3 is 5.63 Å². The van der Waals surface area contributed by atoms with Crippen LogP contribution in [0.2, 0.25) is 0 Å². The number of hydrogen-bond acceptors (Lipinski definition) is 2. The maximum absolute atomic E-state index is 12.5. The molecule has 6 rings (SSSR count). The Morgan fingerprint density at radius 1 is 0.750 bits per heavy atom. The predicted molar refractivity (Wildman–Crippen MR) is 111 cm³/mol. The van der Waals surface area contributed by atoms with E-state index in [-0.39, 0.29) is 5.63 Å². The van der Waals surface area contributed by atoms with E-state index in [1.54, 1.807) is 10.8 Å². The standard InChI is InChI=1S/C23H15N3O2/c27-23-17-9-5-8-16(20-12-14-6-1-3-10-18(14)24-20)22(17)26(28-23)21-13-15-7-2-4-11-19(15)25-21/h1-13,24-25H. The van der Waals surface area contributed by atoms with Gasteiger partial charge in [0.05, 0.1) is 5.39 Å². The fraction of sp³-hybridized carbons (Fsp3) is 0. The molecule has 0 amide bonds. The summed E-state index contributed by atoms with van der Waals surface area (Å²) in [5.41, 5.74) is 4.29. The zero-order valence-corrected chi connectivity index (χ0v) is 14.8. The van der Waals surface area contributed by atoms with E-state index in [9.17, 15) is 4.79 Å². The van der Waals surface area contributed by atoms with E-state index in [2.05, 4.69) is 22.1 Å². The van der Waals surface area contributed by atoms with Gasteiger partial charge in [0.2, 0.25) is 0 Å². The van der Waals surface area contributed by atoms with Gasteiger partial charge in [-0.2, -0.15) is 4.74 Å². The van der Waals surface area contributed by atoms with Crippen molar-refractivity contribution in [3.05, 3.63) is 89.3 Å². The number of aromatic nitrogens is 3. The van der Waals surface area contributed by atoms with Crippen molar-refractivity contribution < 1.29 is 4.52 Å².